The maximum absolute atomic E-state index is 6.21. The zero-order valence-electron chi connectivity index (χ0n) is 11.3. The van der Waals surface area contributed by atoms with E-state index in [4.69, 9.17) is 11.6 Å². The highest BCUT2D eigenvalue weighted by Gasteiger charge is 2.27. The number of hydrogen-bond donors (Lipinski definition) is 1. The Morgan fingerprint density at radius 1 is 1.11 bits per heavy atom. The second-order valence-corrected chi connectivity index (χ2v) is 6.34. The molecule has 1 N–H and O–H groups in total. The van der Waals surface area contributed by atoms with Crippen LogP contribution in [-0.4, -0.2) is 7.05 Å². The Bertz CT molecular complexity index is 579. The highest BCUT2D eigenvalue weighted by atomic mass is 79.9. The van der Waals surface area contributed by atoms with E-state index in [-0.39, 0.29) is 5.41 Å². The molecule has 1 nitrogen and oxygen atoms in total. The van der Waals surface area contributed by atoms with Crippen LogP contribution in [0, 0.1) is 0 Å². The van der Waals surface area contributed by atoms with Crippen molar-refractivity contribution in [2.24, 2.45) is 0 Å². The first kappa shape index (κ1) is 14.4. The summed E-state index contributed by atoms with van der Waals surface area (Å²) in [4.78, 5) is 0. The molecule has 100 valence electrons. The average Bonchev–Trinajstić information content (AvgIpc) is 2.39. The maximum Gasteiger partial charge on any atom is 0.0524 e. The van der Waals surface area contributed by atoms with E-state index < -0.39 is 0 Å². The normalized spacial score (nSPS) is 11.4. The van der Waals surface area contributed by atoms with Crippen LogP contribution in [-0.2, 0) is 5.41 Å². The molecule has 0 atom stereocenters. The van der Waals surface area contributed by atoms with Gasteiger partial charge in [0.2, 0.25) is 0 Å². The largest absolute Gasteiger partial charge is 0.387 e. The van der Waals surface area contributed by atoms with Crippen LogP contribution in [0.4, 0.5) is 5.69 Å². The third-order valence-corrected chi connectivity index (χ3v) is 4.32. The molecular weight excluding hydrogens is 322 g/mol. The van der Waals surface area contributed by atoms with Crippen LogP contribution >= 0.6 is 27.5 Å². The van der Waals surface area contributed by atoms with Crippen LogP contribution in [0.2, 0.25) is 5.02 Å². The molecular formula is C16H17BrClN. The fraction of sp³-hybridized carbons (Fsp3) is 0.250. The van der Waals surface area contributed by atoms with Crippen LogP contribution in [0.1, 0.15) is 25.0 Å². The van der Waals surface area contributed by atoms with E-state index in [2.05, 4.69) is 59.4 Å². The Morgan fingerprint density at radius 2 is 1.74 bits per heavy atom. The molecule has 3 heteroatoms. The predicted octanol–water partition coefficient (Wildman–Crippen LogP) is 5.47. The van der Waals surface area contributed by atoms with Crippen molar-refractivity contribution < 1.29 is 0 Å². The molecule has 0 saturated heterocycles. The third kappa shape index (κ3) is 2.80. The van der Waals surface area contributed by atoms with Crippen LogP contribution in [0.25, 0.3) is 0 Å². The van der Waals surface area contributed by atoms with Crippen molar-refractivity contribution in [2.45, 2.75) is 19.3 Å². The van der Waals surface area contributed by atoms with Crippen LogP contribution < -0.4 is 5.32 Å². The molecule has 0 heterocycles. The number of hydrogen-bond acceptors (Lipinski definition) is 1. The molecule has 0 saturated carbocycles. The number of anilines is 1. The van der Waals surface area contributed by atoms with Gasteiger partial charge in [-0.15, -0.1) is 0 Å². The minimum Gasteiger partial charge on any atom is -0.387 e. The van der Waals surface area contributed by atoms with Crippen LogP contribution in [0.3, 0.4) is 0 Å². The van der Waals surface area contributed by atoms with E-state index in [1.807, 2.05) is 25.2 Å². The highest BCUT2D eigenvalue weighted by molar-refractivity contribution is 9.10. The molecule has 2 rings (SSSR count). The zero-order valence-corrected chi connectivity index (χ0v) is 13.6. The summed E-state index contributed by atoms with van der Waals surface area (Å²) in [5.41, 5.74) is 3.41. The second kappa shape index (κ2) is 5.56. The standard InChI is InChI=1S/C16H17BrClN/c1-16(2,11-7-5-4-6-8-11)13-9-12(18)10-14(17)15(13)19-3/h4-10,19H,1-3H3. The van der Waals surface area contributed by atoms with Crippen molar-refractivity contribution in [1.29, 1.82) is 0 Å². The summed E-state index contributed by atoms with van der Waals surface area (Å²) in [6.45, 7) is 4.42. The van der Waals surface area contributed by atoms with Crippen molar-refractivity contribution in [3.05, 3.63) is 63.1 Å². The van der Waals surface area contributed by atoms with E-state index in [0.29, 0.717) is 0 Å². The molecule has 2 aromatic rings. The number of halogens is 2. The quantitative estimate of drug-likeness (QED) is 0.782. The van der Waals surface area contributed by atoms with E-state index in [1.54, 1.807) is 0 Å². The summed E-state index contributed by atoms with van der Waals surface area (Å²) < 4.78 is 0.988. The van der Waals surface area contributed by atoms with Gasteiger partial charge in [0.05, 0.1) is 5.69 Å². The lowest BCUT2D eigenvalue weighted by molar-refractivity contribution is 0.642. The molecule has 0 aliphatic rings. The van der Waals surface area contributed by atoms with Gasteiger partial charge >= 0.3 is 0 Å². The van der Waals surface area contributed by atoms with Gasteiger partial charge in [0, 0.05) is 22.0 Å². The second-order valence-electron chi connectivity index (χ2n) is 5.05. The Labute approximate surface area is 128 Å². The molecule has 0 aliphatic carbocycles. The third-order valence-electron chi connectivity index (χ3n) is 3.47. The molecule has 0 fully saturated rings. The number of rotatable bonds is 3. The summed E-state index contributed by atoms with van der Waals surface area (Å²) in [7, 11) is 1.93. The van der Waals surface area contributed by atoms with E-state index in [9.17, 15) is 0 Å². The number of benzene rings is 2. The van der Waals surface area contributed by atoms with Gasteiger partial charge in [-0.05, 0) is 39.2 Å². The summed E-state index contributed by atoms with van der Waals surface area (Å²) in [6, 6.07) is 14.4. The monoisotopic (exact) mass is 337 g/mol. The number of nitrogens with one attached hydrogen (secondary N) is 1. The topological polar surface area (TPSA) is 12.0 Å². The Balaban J connectivity index is 2.64. The predicted molar refractivity (Wildman–Crippen MR) is 87.3 cm³/mol. The fourth-order valence-corrected chi connectivity index (χ4v) is 3.34. The van der Waals surface area contributed by atoms with Crippen molar-refractivity contribution >= 4 is 33.2 Å². The van der Waals surface area contributed by atoms with Gasteiger partial charge in [0.1, 0.15) is 0 Å². The molecule has 19 heavy (non-hydrogen) atoms. The molecule has 0 aromatic heterocycles. The Kier molecular flexibility index (Phi) is 4.22. The summed E-state index contributed by atoms with van der Waals surface area (Å²) in [5.74, 6) is 0. The fourth-order valence-electron chi connectivity index (χ4n) is 2.33. The smallest absolute Gasteiger partial charge is 0.0524 e. The summed E-state index contributed by atoms with van der Waals surface area (Å²) in [6.07, 6.45) is 0. The first-order chi connectivity index (χ1) is 8.96. The van der Waals surface area contributed by atoms with Gasteiger partial charge in [0.25, 0.3) is 0 Å². The molecule has 0 radical (unpaired) electrons. The molecule has 0 spiro atoms. The average molecular weight is 339 g/mol. The van der Waals surface area contributed by atoms with Gasteiger partial charge in [-0.25, -0.2) is 0 Å². The molecule has 0 aliphatic heterocycles. The minimum atomic E-state index is -0.118. The molecule has 0 amide bonds. The van der Waals surface area contributed by atoms with E-state index >= 15 is 0 Å². The van der Waals surface area contributed by atoms with Crippen molar-refractivity contribution in [2.75, 3.05) is 12.4 Å². The minimum absolute atomic E-state index is 0.118. The highest BCUT2D eigenvalue weighted by Crippen LogP contribution is 2.41. The first-order valence-corrected chi connectivity index (χ1v) is 7.36. The SMILES string of the molecule is CNc1c(Br)cc(Cl)cc1C(C)(C)c1ccccc1. The van der Waals surface area contributed by atoms with Crippen molar-refractivity contribution in [3.8, 4) is 0 Å². The van der Waals surface area contributed by atoms with Gasteiger partial charge in [-0.3, -0.25) is 0 Å². The summed E-state index contributed by atoms with van der Waals surface area (Å²) in [5, 5.41) is 4.00. The van der Waals surface area contributed by atoms with Gasteiger partial charge in [0.15, 0.2) is 0 Å². The lowest BCUT2D eigenvalue weighted by Crippen LogP contribution is -2.20. The van der Waals surface area contributed by atoms with Gasteiger partial charge < -0.3 is 5.32 Å². The zero-order chi connectivity index (χ0) is 14.0. The molecule has 0 bridgehead atoms. The molecule has 0 unspecified atom stereocenters. The van der Waals surface area contributed by atoms with E-state index in [1.165, 1.54) is 11.1 Å². The van der Waals surface area contributed by atoms with Gasteiger partial charge in [-0.2, -0.15) is 0 Å². The van der Waals surface area contributed by atoms with E-state index in [0.717, 1.165) is 15.2 Å². The van der Waals surface area contributed by atoms with Crippen LogP contribution in [0.5, 0.6) is 0 Å². The van der Waals surface area contributed by atoms with Crippen LogP contribution in [0.15, 0.2) is 46.9 Å². The Morgan fingerprint density at radius 3 is 2.32 bits per heavy atom. The van der Waals surface area contributed by atoms with Crippen molar-refractivity contribution in [3.63, 3.8) is 0 Å². The molecule has 2 aromatic carbocycles. The van der Waals surface area contributed by atoms with Gasteiger partial charge in [-0.1, -0.05) is 55.8 Å². The summed E-state index contributed by atoms with van der Waals surface area (Å²) >= 11 is 9.79. The lowest BCUT2D eigenvalue weighted by Gasteiger charge is -2.29. The van der Waals surface area contributed by atoms with Crippen molar-refractivity contribution in [1.82, 2.24) is 0 Å². The first-order valence-electron chi connectivity index (χ1n) is 6.19. The Hall–Kier alpha value is -0.990. The lowest BCUT2D eigenvalue weighted by atomic mass is 9.77. The maximum atomic E-state index is 6.21.